The molecule has 12 nitrogen and oxygen atoms in total. The number of carbonyl (C=O) groups is 3. The van der Waals surface area contributed by atoms with Gasteiger partial charge in [0.1, 0.15) is 37.7 Å². The van der Waals surface area contributed by atoms with Gasteiger partial charge in [-0.3, -0.25) is 0 Å². The summed E-state index contributed by atoms with van der Waals surface area (Å²) in [5.41, 5.74) is 13.5. The lowest BCUT2D eigenvalue weighted by Crippen LogP contribution is -2.42. The van der Waals surface area contributed by atoms with E-state index in [2.05, 4.69) is 160 Å². The molecule has 404 valence electrons. The predicted molar refractivity (Wildman–Crippen MR) is 328 cm³/mol. The zero-order chi connectivity index (χ0) is 55.3. The number of ether oxygens (including phenoxy) is 2. The molecular formula is C60H56Br5ClN6O6. The van der Waals surface area contributed by atoms with E-state index in [0.29, 0.717) is 23.2 Å². The number of carboxylic acid groups (broad SMARTS) is 1. The van der Waals surface area contributed by atoms with Crippen molar-refractivity contribution >= 4 is 110 Å². The van der Waals surface area contributed by atoms with Gasteiger partial charge in [0.2, 0.25) is 0 Å². The molecule has 2 aliphatic rings. The van der Waals surface area contributed by atoms with Gasteiger partial charge in [0.15, 0.2) is 0 Å². The van der Waals surface area contributed by atoms with Gasteiger partial charge in [-0.05, 0) is 175 Å². The lowest BCUT2D eigenvalue weighted by molar-refractivity contribution is -0.139. The van der Waals surface area contributed by atoms with Crippen molar-refractivity contribution in [2.45, 2.75) is 55.9 Å². The summed E-state index contributed by atoms with van der Waals surface area (Å²) in [4.78, 5) is 52.6. The lowest BCUT2D eigenvalue weighted by Gasteiger charge is -2.17. The fraction of sp³-hybridized carbons (Fsp3) is 0.183. The molecule has 0 fully saturated rings. The van der Waals surface area contributed by atoms with Crippen molar-refractivity contribution in [2.75, 3.05) is 13.2 Å². The van der Waals surface area contributed by atoms with Gasteiger partial charge in [-0.2, -0.15) is 0 Å². The Bertz CT molecular complexity index is 3080. The normalized spacial score (nSPS) is 12.0. The second-order valence-electron chi connectivity index (χ2n) is 17.4. The third-order valence-corrected chi connectivity index (χ3v) is 14.5. The van der Waals surface area contributed by atoms with Crippen molar-refractivity contribution in [1.82, 2.24) is 30.6 Å². The third-order valence-electron chi connectivity index (χ3n) is 12.0. The van der Waals surface area contributed by atoms with E-state index in [-0.39, 0.29) is 49.4 Å². The number of carbonyl (C=O) groups excluding carboxylic acids is 2. The molecule has 78 heavy (non-hydrogen) atoms. The highest BCUT2D eigenvalue weighted by atomic mass is 79.9. The van der Waals surface area contributed by atoms with Crippen LogP contribution >= 0.6 is 92.1 Å². The number of nitrogens with one attached hydrogen (secondary N) is 2. The first-order valence-corrected chi connectivity index (χ1v) is 28.5. The molecule has 10 rings (SSSR count). The molecule has 4 aromatic heterocycles. The van der Waals surface area contributed by atoms with Crippen LogP contribution in [0.3, 0.4) is 0 Å². The maximum Gasteiger partial charge on any atom is 0.407 e. The number of nitrogens with zero attached hydrogens (tertiary/aromatic N) is 4. The van der Waals surface area contributed by atoms with Crippen molar-refractivity contribution in [2.24, 2.45) is 0 Å². The number of aliphatic carboxylic acids is 1. The number of carboxylic acids is 1. The average Bonchev–Trinajstić information content (AvgIpc) is 4.03. The molecule has 2 amide bonds. The van der Waals surface area contributed by atoms with Crippen LogP contribution in [0.1, 0.15) is 63.3 Å². The van der Waals surface area contributed by atoms with Crippen LogP contribution in [0, 0.1) is 6.92 Å². The quantitative estimate of drug-likeness (QED) is 0.0609. The number of hydrogen-bond acceptors (Lipinski definition) is 9. The number of alkyl carbamates (subject to hydrolysis) is 2. The van der Waals surface area contributed by atoms with Gasteiger partial charge in [-0.15, -0.1) is 25.6 Å². The molecule has 0 aliphatic heterocycles. The molecule has 0 spiro atoms. The monoisotopic (exact) mass is 1390 g/mol. The largest absolute Gasteiger partial charge is 0.480 e. The SMILES string of the molecule is BrCc1ccc(Br)nc1.C=C.C[C@H](Cc1ccc(Br)nc1)NC(=O)OCC1c2ccccc2-c2ccccc21.Cc1ccc(Br)nc1.Cl.O=C(N[C@@H](Cc1ccc(Br)nc1)C(=O)O)OCC1c2ccccc2-c2ccccc21. The topological polar surface area (TPSA) is 166 Å². The number of benzene rings is 4. The minimum absolute atomic E-state index is 0. The first-order valence-electron chi connectivity index (χ1n) is 24.2. The van der Waals surface area contributed by atoms with Crippen molar-refractivity contribution < 1.29 is 29.0 Å². The number of amides is 2. The summed E-state index contributed by atoms with van der Waals surface area (Å²) >= 11 is 16.4. The fourth-order valence-corrected chi connectivity index (χ4v) is 9.72. The Morgan fingerprint density at radius 1 is 0.526 bits per heavy atom. The highest BCUT2D eigenvalue weighted by molar-refractivity contribution is 9.11. The Balaban J connectivity index is 0.000000214. The second-order valence-corrected chi connectivity index (χ2v) is 21.2. The Labute approximate surface area is 503 Å². The molecule has 0 unspecified atom stereocenters. The van der Waals surface area contributed by atoms with Crippen LogP contribution in [0.5, 0.6) is 0 Å². The van der Waals surface area contributed by atoms with E-state index in [1.165, 1.54) is 33.4 Å². The third kappa shape index (κ3) is 18.5. The highest BCUT2D eigenvalue weighted by Crippen LogP contribution is 2.45. The Morgan fingerprint density at radius 2 is 0.872 bits per heavy atom. The zero-order valence-electron chi connectivity index (χ0n) is 42.5. The number of hydrogen-bond donors (Lipinski definition) is 3. The predicted octanol–water partition coefficient (Wildman–Crippen LogP) is 15.8. The molecule has 0 saturated carbocycles. The van der Waals surface area contributed by atoms with Crippen LogP contribution in [0.2, 0.25) is 0 Å². The molecule has 2 atom stereocenters. The smallest absolute Gasteiger partial charge is 0.407 e. The lowest BCUT2D eigenvalue weighted by atomic mass is 9.98. The first-order chi connectivity index (χ1) is 37.3. The summed E-state index contributed by atoms with van der Waals surface area (Å²) in [7, 11) is 0. The van der Waals surface area contributed by atoms with Gasteiger partial charge in [0, 0.05) is 54.4 Å². The summed E-state index contributed by atoms with van der Waals surface area (Å²) in [6, 6.07) is 46.8. The summed E-state index contributed by atoms with van der Waals surface area (Å²) in [5.74, 6) is -1.14. The van der Waals surface area contributed by atoms with Gasteiger partial charge >= 0.3 is 18.2 Å². The van der Waals surface area contributed by atoms with Gasteiger partial charge in [-0.25, -0.2) is 34.3 Å². The summed E-state index contributed by atoms with van der Waals surface area (Å²) < 4.78 is 14.3. The van der Waals surface area contributed by atoms with E-state index in [0.717, 1.165) is 47.0 Å². The van der Waals surface area contributed by atoms with E-state index in [1.54, 1.807) is 24.5 Å². The minimum Gasteiger partial charge on any atom is -0.480 e. The van der Waals surface area contributed by atoms with E-state index in [9.17, 15) is 19.5 Å². The maximum absolute atomic E-state index is 12.4. The van der Waals surface area contributed by atoms with Crippen LogP contribution in [0.25, 0.3) is 22.3 Å². The van der Waals surface area contributed by atoms with E-state index in [1.807, 2.05) is 123 Å². The Kier molecular flexibility index (Phi) is 25.8. The highest BCUT2D eigenvalue weighted by Gasteiger charge is 2.31. The zero-order valence-corrected chi connectivity index (χ0v) is 51.2. The molecule has 0 radical (unpaired) electrons. The number of pyridine rings is 4. The first kappa shape index (κ1) is 62.8. The van der Waals surface area contributed by atoms with Gasteiger partial charge in [-0.1, -0.05) is 137 Å². The van der Waals surface area contributed by atoms with Crippen molar-refractivity contribution in [3.8, 4) is 22.3 Å². The molecule has 2 aliphatic carbocycles. The number of rotatable bonds is 12. The van der Waals surface area contributed by atoms with Crippen LogP contribution < -0.4 is 10.6 Å². The molecule has 18 heteroatoms. The van der Waals surface area contributed by atoms with Crippen molar-refractivity contribution in [3.63, 3.8) is 0 Å². The Hall–Kier alpha value is -6.08. The molecule has 8 aromatic rings. The minimum atomic E-state index is -1.13. The molecular weight excluding hydrogens is 1340 g/mol. The maximum atomic E-state index is 12.4. The summed E-state index contributed by atoms with van der Waals surface area (Å²) in [6.07, 6.45) is 6.70. The molecule has 4 aromatic carbocycles. The van der Waals surface area contributed by atoms with Crippen molar-refractivity contribution in [3.05, 3.63) is 246 Å². The fourth-order valence-electron chi connectivity index (χ4n) is 8.45. The molecule has 0 saturated heterocycles. The van der Waals surface area contributed by atoms with Crippen LogP contribution in [0.15, 0.2) is 202 Å². The standard InChI is InChI=1S/C23H19BrN2O4.C23H21BrN2O2.C6H5Br2N.C6H6BrN.C2H4.ClH/c24-21-10-9-14(12-25-21)11-20(22(27)28)26-23(29)30-13-19-17-7-3-1-5-15(17)16-6-2-4-8-18(16)19;1-15(12-16-10-11-22(24)25-13-16)26-23(27)28-14-21-19-8-4-2-6-17(19)18-7-3-5-9-20(18)21;7-3-5-1-2-6(8)9-4-5;1-5-2-3-6(7)8-4-5;1-2;/h1-10,12,19-20H,11,13H2,(H,26,29)(H,27,28);2-11,13,15,21H,12,14H2,1H3,(H,26,27);1-2,4H,3H2;2-4H,1H3;1-2H2;1H/t20-;15-;;;;/m01..../s1. The van der Waals surface area contributed by atoms with Gasteiger partial charge in [0.25, 0.3) is 0 Å². The van der Waals surface area contributed by atoms with Gasteiger partial charge in [0.05, 0.1) is 0 Å². The van der Waals surface area contributed by atoms with Crippen molar-refractivity contribution in [1.29, 1.82) is 0 Å². The number of aryl methyl sites for hydroxylation is 1. The molecule has 4 heterocycles. The number of alkyl halides is 1. The van der Waals surface area contributed by atoms with Crippen LogP contribution in [-0.2, 0) is 32.4 Å². The number of halogens is 6. The number of fused-ring (bicyclic) bond motifs is 6. The Morgan fingerprint density at radius 3 is 1.21 bits per heavy atom. The van der Waals surface area contributed by atoms with E-state index in [4.69, 9.17) is 9.47 Å². The van der Waals surface area contributed by atoms with Crippen LogP contribution in [-0.4, -0.2) is 68.5 Å². The van der Waals surface area contributed by atoms with Crippen LogP contribution in [0.4, 0.5) is 9.59 Å². The molecule has 3 N–H and O–H groups in total. The van der Waals surface area contributed by atoms with E-state index >= 15 is 0 Å². The molecule has 0 bridgehead atoms. The van der Waals surface area contributed by atoms with E-state index < -0.39 is 18.1 Å². The summed E-state index contributed by atoms with van der Waals surface area (Å²) in [6.45, 7) is 10.4. The average molecular weight is 1390 g/mol. The second kappa shape index (κ2) is 32.1. The summed E-state index contributed by atoms with van der Waals surface area (Å²) in [5, 5.41) is 15.7. The van der Waals surface area contributed by atoms with Gasteiger partial charge < -0.3 is 25.2 Å². The number of aromatic nitrogens is 4.